The predicted octanol–water partition coefficient (Wildman–Crippen LogP) is 6.00. The van der Waals surface area contributed by atoms with E-state index in [1.807, 2.05) is 60.7 Å². The number of carbonyl (C=O) groups is 1. The van der Waals surface area contributed by atoms with Crippen LogP contribution in [0.3, 0.4) is 0 Å². The highest BCUT2D eigenvalue weighted by Crippen LogP contribution is 2.35. The second-order valence-electron chi connectivity index (χ2n) is 7.03. The quantitative estimate of drug-likeness (QED) is 0.321. The first-order chi connectivity index (χ1) is 15.6. The van der Waals surface area contributed by atoms with Gasteiger partial charge in [0.25, 0.3) is 0 Å². The zero-order valence-electron chi connectivity index (χ0n) is 17.0. The minimum Gasteiger partial charge on any atom is -0.473 e. The molecule has 0 spiro atoms. The van der Waals surface area contributed by atoms with Gasteiger partial charge in [-0.1, -0.05) is 60.7 Å². The van der Waals surface area contributed by atoms with Crippen molar-refractivity contribution in [2.45, 2.75) is 13.2 Å². The van der Waals surface area contributed by atoms with Gasteiger partial charge < -0.3 is 9.47 Å². The summed E-state index contributed by atoms with van der Waals surface area (Å²) in [5, 5.41) is 0. The van der Waals surface area contributed by atoms with E-state index in [4.69, 9.17) is 9.47 Å². The van der Waals surface area contributed by atoms with Crippen molar-refractivity contribution in [1.82, 2.24) is 4.98 Å². The van der Waals surface area contributed by atoms with E-state index in [0.29, 0.717) is 6.29 Å². The topological polar surface area (TPSA) is 48.4 Å². The molecule has 0 bridgehead atoms. The van der Waals surface area contributed by atoms with Crippen molar-refractivity contribution in [3.05, 3.63) is 113 Å². The van der Waals surface area contributed by atoms with E-state index in [9.17, 15) is 13.6 Å². The van der Waals surface area contributed by atoms with Gasteiger partial charge >= 0.3 is 0 Å². The van der Waals surface area contributed by atoms with Crippen LogP contribution in [0.15, 0.2) is 84.9 Å². The number of carbonyl (C=O) groups excluding carboxylic acids is 1. The van der Waals surface area contributed by atoms with Crippen LogP contribution in [-0.4, -0.2) is 11.3 Å². The van der Waals surface area contributed by atoms with Crippen LogP contribution in [0.2, 0.25) is 0 Å². The monoisotopic (exact) mass is 431 g/mol. The smallest absolute Gasteiger partial charge is 0.225 e. The fraction of sp³-hybridized carbons (Fsp3) is 0.0769. The van der Waals surface area contributed by atoms with Crippen LogP contribution < -0.4 is 9.47 Å². The standard InChI is InChI=1S/C26H19F2NO3/c27-22-13-20(15-30)14-23(28)25(22)21-11-12-24(31-16-18-7-3-1-4-8-18)29-26(21)32-17-19-9-5-2-6-10-19/h1-15H,16-17H2. The summed E-state index contributed by atoms with van der Waals surface area (Å²) in [5.41, 5.74) is 1.53. The molecule has 0 saturated carbocycles. The summed E-state index contributed by atoms with van der Waals surface area (Å²) in [6, 6.07) is 23.9. The molecule has 0 saturated heterocycles. The molecule has 6 heteroatoms. The molecule has 1 aromatic heterocycles. The summed E-state index contributed by atoms with van der Waals surface area (Å²) in [4.78, 5) is 15.3. The number of rotatable bonds is 8. The highest BCUT2D eigenvalue weighted by molar-refractivity contribution is 5.78. The Morgan fingerprint density at radius 3 is 1.88 bits per heavy atom. The van der Waals surface area contributed by atoms with Crippen LogP contribution in [0, 0.1) is 11.6 Å². The van der Waals surface area contributed by atoms with Crippen LogP contribution in [0.4, 0.5) is 8.78 Å². The second kappa shape index (κ2) is 9.83. The summed E-state index contributed by atoms with van der Waals surface area (Å²) < 4.78 is 41.0. The average molecular weight is 431 g/mol. The van der Waals surface area contributed by atoms with Gasteiger partial charge in [0.2, 0.25) is 11.8 Å². The Morgan fingerprint density at radius 2 is 1.31 bits per heavy atom. The van der Waals surface area contributed by atoms with Crippen molar-refractivity contribution in [1.29, 1.82) is 0 Å². The third-order valence-electron chi connectivity index (χ3n) is 4.75. The Balaban J connectivity index is 1.67. The highest BCUT2D eigenvalue weighted by Gasteiger charge is 2.19. The molecule has 3 aromatic carbocycles. The molecule has 0 amide bonds. The molecule has 4 aromatic rings. The highest BCUT2D eigenvalue weighted by atomic mass is 19.1. The lowest BCUT2D eigenvalue weighted by Crippen LogP contribution is -2.04. The maximum absolute atomic E-state index is 14.7. The summed E-state index contributed by atoms with van der Waals surface area (Å²) in [5.74, 6) is -1.48. The Morgan fingerprint density at radius 1 is 0.750 bits per heavy atom. The number of hydrogen-bond donors (Lipinski definition) is 0. The van der Waals surface area contributed by atoms with E-state index in [2.05, 4.69) is 4.98 Å². The van der Waals surface area contributed by atoms with Gasteiger partial charge in [0.15, 0.2) is 0 Å². The number of ether oxygens (including phenoxy) is 2. The Bertz CT molecular complexity index is 1190. The molecule has 4 nitrogen and oxygen atoms in total. The first-order valence-electron chi connectivity index (χ1n) is 9.93. The van der Waals surface area contributed by atoms with Crippen molar-refractivity contribution in [3.8, 4) is 22.9 Å². The van der Waals surface area contributed by atoms with Crippen molar-refractivity contribution < 1.29 is 23.0 Å². The number of benzene rings is 3. The van der Waals surface area contributed by atoms with Gasteiger partial charge in [-0.15, -0.1) is 0 Å². The minimum atomic E-state index is -0.878. The van der Waals surface area contributed by atoms with Crippen LogP contribution in [-0.2, 0) is 13.2 Å². The van der Waals surface area contributed by atoms with Crippen LogP contribution in [0.1, 0.15) is 21.5 Å². The lowest BCUT2D eigenvalue weighted by atomic mass is 10.0. The molecule has 32 heavy (non-hydrogen) atoms. The molecule has 1 heterocycles. The van der Waals surface area contributed by atoms with E-state index in [1.165, 1.54) is 12.1 Å². The third kappa shape index (κ3) is 4.98. The van der Waals surface area contributed by atoms with Gasteiger partial charge in [-0.2, -0.15) is 4.98 Å². The number of pyridine rings is 1. The molecule has 0 N–H and O–H groups in total. The first-order valence-corrected chi connectivity index (χ1v) is 9.93. The molecule has 0 fully saturated rings. The number of halogens is 2. The van der Waals surface area contributed by atoms with Crippen molar-refractivity contribution in [2.24, 2.45) is 0 Å². The number of aromatic nitrogens is 1. The lowest BCUT2D eigenvalue weighted by molar-refractivity contribution is 0.112. The molecular formula is C26H19F2NO3. The van der Waals surface area contributed by atoms with E-state index in [-0.39, 0.29) is 41.7 Å². The van der Waals surface area contributed by atoms with Gasteiger partial charge in [-0.25, -0.2) is 8.78 Å². The third-order valence-corrected chi connectivity index (χ3v) is 4.75. The van der Waals surface area contributed by atoms with Crippen molar-refractivity contribution in [2.75, 3.05) is 0 Å². The Hall–Kier alpha value is -4.06. The normalized spacial score (nSPS) is 10.6. The molecule has 0 aliphatic rings. The molecule has 4 rings (SSSR count). The van der Waals surface area contributed by atoms with Crippen molar-refractivity contribution in [3.63, 3.8) is 0 Å². The van der Waals surface area contributed by atoms with Gasteiger partial charge in [-0.3, -0.25) is 4.79 Å². The average Bonchev–Trinajstić information content (AvgIpc) is 2.83. The maximum Gasteiger partial charge on any atom is 0.225 e. The van der Waals surface area contributed by atoms with E-state index < -0.39 is 11.6 Å². The van der Waals surface area contributed by atoms with Gasteiger partial charge in [0, 0.05) is 11.6 Å². The van der Waals surface area contributed by atoms with Crippen LogP contribution in [0.25, 0.3) is 11.1 Å². The van der Waals surface area contributed by atoms with Gasteiger partial charge in [0.05, 0.1) is 11.1 Å². The van der Waals surface area contributed by atoms with E-state index >= 15 is 0 Å². The number of aldehydes is 1. The Kier molecular flexibility index (Phi) is 6.51. The summed E-state index contributed by atoms with van der Waals surface area (Å²) in [6.07, 6.45) is 0.390. The van der Waals surface area contributed by atoms with E-state index in [1.54, 1.807) is 0 Å². The summed E-state index contributed by atoms with van der Waals surface area (Å²) >= 11 is 0. The summed E-state index contributed by atoms with van der Waals surface area (Å²) in [6.45, 7) is 0.431. The molecule has 0 atom stereocenters. The second-order valence-corrected chi connectivity index (χ2v) is 7.03. The van der Waals surface area contributed by atoms with Crippen molar-refractivity contribution >= 4 is 6.29 Å². The number of nitrogens with zero attached hydrogens (tertiary/aromatic N) is 1. The number of hydrogen-bond acceptors (Lipinski definition) is 4. The largest absolute Gasteiger partial charge is 0.473 e. The summed E-state index contributed by atoms with van der Waals surface area (Å²) in [7, 11) is 0. The molecule has 160 valence electrons. The van der Waals surface area contributed by atoms with Gasteiger partial charge in [-0.05, 0) is 29.3 Å². The van der Waals surface area contributed by atoms with Crippen LogP contribution in [0.5, 0.6) is 11.8 Å². The fourth-order valence-electron chi connectivity index (χ4n) is 3.18. The molecular weight excluding hydrogens is 412 g/mol. The zero-order chi connectivity index (χ0) is 22.3. The SMILES string of the molecule is O=Cc1cc(F)c(-c2ccc(OCc3ccccc3)nc2OCc2ccccc2)c(F)c1. The Labute approximate surface area is 184 Å². The fourth-order valence-corrected chi connectivity index (χ4v) is 3.18. The predicted molar refractivity (Wildman–Crippen MR) is 117 cm³/mol. The first kappa shape index (κ1) is 21.2. The molecule has 0 aliphatic heterocycles. The molecule has 0 radical (unpaired) electrons. The van der Waals surface area contributed by atoms with E-state index in [0.717, 1.165) is 23.3 Å². The zero-order valence-corrected chi connectivity index (χ0v) is 17.0. The van der Waals surface area contributed by atoms with Crippen LogP contribution >= 0.6 is 0 Å². The molecule has 0 unspecified atom stereocenters. The minimum absolute atomic E-state index is 0.0241. The molecule has 0 aliphatic carbocycles. The lowest BCUT2D eigenvalue weighted by Gasteiger charge is -2.14. The maximum atomic E-state index is 14.7. The van der Waals surface area contributed by atoms with Gasteiger partial charge in [0.1, 0.15) is 31.1 Å².